The third kappa shape index (κ3) is 4.98. The van der Waals surface area contributed by atoms with E-state index in [2.05, 4.69) is 56.4 Å². The fourth-order valence-electron chi connectivity index (χ4n) is 1.66. The first-order chi connectivity index (χ1) is 7.20. The van der Waals surface area contributed by atoms with Crippen molar-refractivity contribution in [3.05, 3.63) is 35.9 Å². The Bertz CT molecular complexity index is 253. The van der Waals surface area contributed by atoms with Gasteiger partial charge in [-0.1, -0.05) is 51.1 Å². The second kappa shape index (κ2) is 6.62. The molecule has 0 bridgehead atoms. The first-order valence-corrected chi connectivity index (χ1v) is 5.96. The average Bonchev–Trinajstić information content (AvgIpc) is 2.25. The standard InChI is InChI=1S/C14H23N/c1-12(2)11-15-10-9-13(3)14-7-5-4-6-8-14/h4-8,12-13,15H,9-11H2,1-3H3/t13-/m0/s1. The Balaban J connectivity index is 2.22. The Morgan fingerprint density at radius 3 is 2.33 bits per heavy atom. The van der Waals surface area contributed by atoms with Crippen LogP contribution in [0.15, 0.2) is 30.3 Å². The number of nitrogens with one attached hydrogen (secondary N) is 1. The van der Waals surface area contributed by atoms with E-state index < -0.39 is 0 Å². The van der Waals surface area contributed by atoms with Gasteiger partial charge in [0.2, 0.25) is 0 Å². The van der Waals surface area contributed by atoms with Crippen LogP contribution in [0.2, 0.25) is 0 Å². The Morgan fingerprint density at radius 2 is 1.73 bits per heavy atom. The Labute approximate surface area is 93.9 Å². The van der Waals surface area contributed by atoms with E-state index in [1.807, 2.05) is 0 Å². The largest absolute Gasteiger partial charge is 0.316 e. The predicted octanol–water partition coefficient (Wildman–Crippen LogP) is 3.43. The van der Waals surface area contributed by atoms with Crippen molar-refractivity contribution in [1.29, 1.82) is 0 Å². The van der Waals surface area contributed by atoms with Gasteiger partial charge in [-0.25, -0.2) is 0 Å². The monoisotopic (exact) mass is 205 g/mol. The fraction of sp³-hybridized carbons (Fsp3) is 0.571. The van der Waals surface area contributed by atoms with E-state index in [4.69, 9.17) is 0 Å². The molecule has 84 valence electrons. The molecule has 0 radical (unpaired) electrons. The van der Waals surface area contributed by atoms with Crippen LogP contribution in [0.1, 0.15) is 38.7 Å². The highest BCUT2D eigenvalue weighted by atomic mass is 14.8. The Hall–Kier alpha value is -0.820. The lowest BCUT2D eigenvalue weighted by molar-refractivity contribution is 0.525. The molecule has 0 fully saturated rings. The van der Waals surface area contributed by atoms with Crippen LogP contribution in [0.5, 0.6) is 0 Å². The van der Waals surface area contributed by atoms with Gasteiger partial charge in [0.05, 0.1) is 0 Å². The lowest BCUT2D eigenvalue weighted by Crippen LogP contribution is -2.21. The minimum Gasteiger partial charge on any atom is -0.316 e. The molecule has 1 heteroatoms. The summed E-state index contributed by atoms with van der Waals surface area (Å²) in [5.41, 5.74) is 1.45. The summed E-state index contributed by atoms with van der Waals surface area (Å²) in [5, 5.41) is 3.49. The van der Waals surface area contributed by atoms with E-state index in [1.54, 1.807) is 0 Å². The van der Waals surface area contributed by atoms with Crippen molar-refractivity contribution in [2.24, 2.45) is 5.92 Å². The van der Waals surface area contributed by atoms with Gasteiger partial charge in [-0.15, -0.1) is 0 Å². The number of benzene rings is 1. The second-order valence-electron chi connectivity index (χ2n) is 4.70. The molecular formula is C14H23N. The molecule has 0 aromatic heterocycles. The highest BCUT2D eigenvalue weighted by molar-refractivity contribution is 5.18. The number of hydrogen-bond donors (Lipinski definition) is 1. The van der Waals surface area contributed by atoms with Gasteiger partial charge in [-0.05, 0) is 36.9 Å². The lowest BCUT2D eigenvalue weighted by Gasteiger charge is -2.13. The molecule has 0 heterocycles. The quantitative estimate of drug-likeness (QED) is 0.702. The van der Waals surface area contributed by atoms with Crippen molar-refractivity contribution < 1.29 is 0 Å². The second-order valence-corrected chi connectivity index (χ2v) is 4.70. The van der Waals surface area contributed by atoms with Gasteiger partial charge in [-0.3, -0.25) is 0 Å². The van der Waals surface area contributed by atoms with Crippen LogP contribution in [0, 0.1) is 5.92 Å². The maximum absolute atomic E-state index is 3.49. The fourth-order valence-corrected chi connectivity index (χ4v) is 1.66. The molecule has 0 saturated carbocycles. The maximum atomic E-state index is 3.49. The van der Waals surface area contributed by atoms with E-state index in [-0.39, 0.29) is 0 Å². The molecule has 0 spiro atoms. The van der Waals surface area contributed by atoms with Crippen molar-refractivity contribution in [2.75, 3.05) is 13.1 Å². The van der Waals surface area contributed by atoms with Crippen molar-refractivity contribution in [3.8, 4) is 0 Å². The average molecular weight is 205 g/mol. The molecular weight excluding hydrogens is 182 g/mol. The van der Waals surface area contributed by atoms with Crippen LogP contribution in [0.4, 0.5) is 0 Å². The van der Waals surface area contributed by atoms with Crippen LogP contribution in [-0.4, -0.2) is 13.1 Å². The summed E-state index contributed by atoms with van der Waals surface area (Å²) in [5.74, 6) is 1.41. The number of rotatable bonds is 6. The summed E-state index contributed by atoms with van der Waals surface area (Å²) >= 11 is 0. The summed E-state index contributed by atoms with van der Waals surface area (Å²) in [6, 6.07) is 10.7. The number of hydrogen-bond acceptors (Lipinski definition) is 1. The zero-order valence-electron chi connectivity index (χ0n) is 10.2. The molecule has 15 heavy (non-hydrogen) atoms. The highest BCUT2D eigenvalue weighted by Crippen LogP contribution is 2.17. The van der Waals surface area contributed by atoms with Crippen molar-refractivity contribution in [1.82, 2.24) is 5.32 Å². The molecule has 0 unspecified atom stereocenters. The zero-order valence-corrected chi connectivity index (χ0v) is 10.2. The van der Waals surface area contributed by atoms with E-state index in [1.165, 1.54) is 12.0 Å². The van der Waals surface area contributed by atoms with Crippen LogP contribution in [-0.2, 0) is 0 Å². The first-order valence-electron chi connectivity index (χ1n) is 5.96. The molecule has 1 aromatic carbocycles. The maximum Gasteiger partial charge on any atom is -0.00258 e. The molecule has 0 aliphatic carbocycles. The predicted molar refractivity (Wildman–Crippen MR) is 67.2 cm³/mol. The topological polar surface area (TPSA) is 12.0 Å². The molecule has 0 amide bonds. The van der Waals surface area contributed by atoms with Crippen LogP contribution < -0.4 is 5.32 Å². The van der Waals surface area contributed by atoms with Gasteiger partial charge in [0, 0.05) is 0 Å². The summed E-state index contributed by atoms with van der Waals surface area (Å²) in [7, 11) is 0. The summed E-state index contributed by atoms with van der Waals surface area (Å²) in [6.45, 7) is 9.03. The molecule has 1 N–H and O–H groups in total. The molecule has 0 aliphatic rings. The molecule has 1 rings (SSSR count). The zero-order chi connectivity index (χ0) is 11.1. The van der Waals surface area contributed by atoms with Gasteiger partial charge >= 0.3 is 0 Å². The highest BCUT2D eigenvalue weighted by Gasteiger charge is 2.03. The van der Waals surface area contributed by atoms with E-state index in [0.717, 1.165) is 19.0 Å². The molecule has 1 aromatic rings. The lowest BCUT2D eigenvalue weighted by atomic mass is 9.98. The molecule has 1 nitrogen and oxygen atoms in total. The smallest absolute Gasteiger partial charge is 0.00258 e. The van der Waals surface area contributed by atoms with Crippen molar-refractivity contribution in [2.45, 2.75) is 33.1 Å². The van der Waals surface area contributed by atoms with Gasteiger partial charge in [-0.2, -0.15) is 0 Å². The Kier molecular flexibility index (Phi) is 5.41. The van der Waals surface area contributed by atoms with E-state index >= 15 is 0 Å². The Morgan fingerprint density at radius 1 is 1.07 bits per heavy atom. The van der Waals surface area contributed by atoms with Gasteiger partial charge in [0.25, 0.3) is 0 Å². The van der Waals surface area contributed by atoms with Crippen LogP contribution >= 0.6 is 0 Å². The summed E-state index contributed by atoms with van der Waals surface area (Å²) < 4.78 is 0. The van der Waals surface area contributed by atoms with Crippen LogP contribution in [0.25, 0.3) is 0 Å². The minimum absolute atomic E-state index is 0.658. The van der Waals surface area contributed by atoms with Crippen LogP contribution in [0.3, 0.4) is 0 Å². The van der Waals surface area contributed by atoms with E-state index in [9.17, 15) is 0 Å². The van der Waals surface area contributed by atoms with E-state index in [0.29, 0.717) is 5.92 Å². The van der Waals surface area contributed by atoms with Crippen molar-refractivity contribution in [3.63, 3.8) is 0 Å². The normalized spacial score (nSPS) is 13.1. The minimum atomic E-state index is 0.658. The van der Waals surface area contributed by atoms with Gasteiger partial charge in [0.15, 0.2) is 0 Å². The molecule has 1 atom stereocenters. The third-order valence-electron chi connectivity index (χ3n) is 2.68. The van der Waals surface area contributed by atoms with Gasteiger partial charge in [0.1, 0.15) is 0 Å². The SMILES string of the molecule is CC(C)CNCC[C@H](C)c1ccccc1. The first kappa shape index (κ1) is 12.3. The summed E-state index contributed by atoms with van der Waals surface area (Å²) in [6.07, 6.45) is 1.22. The van der Waals surface area contributed by atoms with Gasteiger partial charge < -0.3 is 5.32 Å². The summed E-state index contributed by atoms with van der Waals surface area (Å²) in [4.78, 5) is 0. The molecule has 0 aliphatic heterocycles. The van der Waals surface area contributed by atoms with Crippen molar-refractivity contribution >= 4 is 0 Å². The molecule has 0 saturated heterocycles. The third-order valence-corrected chi connectivity index (χ3v) is 2.68.